The summed E-state index contributed by atoms with van der Waals surface area (Å²) in [5, 5.41) is 9.33. The van der Waals surface area contributed by atoms with Crippen LogP contribution in [0.4, 0.5) is 0 Å². The van der Waals surface area contributed by atoms with Gasteiger partial charge >= 0.3 is 5.97 Å². The number of carboxylic acid groups (broad SMARTS) is 1. The summed E-state index contributed by atoms with van der Waals surface area (Å²) in [7, 11) is 0. The first kappa shape index (κ1) is 18.0. The number of carboxylic acids is 1. The Morgan fingerprint density at radius 3 is 2.17 bits per heavy atom. The lowest BCUT2D eigenvalue weighted by atomic mass is 9.87. The normalized spacial score (nSPS) is 12.0. The molecule has 0 saturated heterocycles. The third-order valence-corrected chi connectivity index (χ3v) is 4.35. The van der Waals surface area contributed by atoms with Crippen LogP contribution in [0, 0.1) is 0 Å². The molecule has 2 aromatic rings. The van der Waals surface area contributed by atoms with Crippen molar-refractivity contribution in [1.29, 1.82) is 0 Å². The molecule has 0 bridgehead atoms. The van der Waals surface area contributed by atoms with E-state index in [-0.39, 0.29) is 0 Å². The molecule has 0 fully saturated rings. The molecule has 0 saturated carbocycles. The summed E-state index contributed by atoms with van der Waals surface area (Å²) in [4.78, 5) is 11.4. The van der Waals surface area contributed by atoms with E-state index in [1.54, 1.807) is 12.1 Å². The second-order valence-electron chi connectivity index (χ2n) is 6.87. The SMILES string of the molecule is C/C(=C\c1ccccc1C(=O)O)c1ccc(C(C)C)c(C(C)C)c1. The quantitative estimate of drug-likeness (QED) is 0.666. The van der Waals surface area contributed by atoms with Crippen LogP contribution in [0.1, 0.15) is 79.1 Å². The monoisotopic (exact) mass is 322 g/mol. The first-order valence-corrected chi connectivity index (χ1v) is 8.46. The summed E-state index contributed by atoms with van der Waals surface area (Å²) in [6, 6.07) is 13.7. The van der Waals surface area contributed by atoms with Gasteiger partial charge in [-0.25, -0.2) is 4.79 Å². The van der Waals surface area contributed by atoms with Gasteiger partial charge in [0.25, 0.3) is 0 Å². The highest BCUT2D eigenvalue weighted by Crippen LogP contribution is 2.30. The molecule has 0 amide bonds. The minimum atomic E-state index is -0.896. The summed E-state index contributed by atoms with van der Waals surface area (Å²) in [6.45, 7) is 10.9. The van der Waals surface area contributed by atoms with E-state index in [0.29, 0.717) is 17.4 Å². The lowest BCUT2D eigenvalue weighted by Crippen LogP contribution is -2.00. The van der Waals surface area contributed by atoms with Crippen molar-refractivity contribution in [1.82, 2.24) is 0 Å². The highest BCUT2D eigenvalue weighted by molar-refractivity contribution is 5.95. The molecule has 2 heteroatoms. The van der Waals surface area contributed by atoms with Crippen LogP contribution in [0.15, 0.2) is 42.5 Å². The average molecular weight is 322 g/mol. The van der Waals surface area contributed by atoms with Crippen LogP contribution in [0.2, 0.25) is 0 Å². The smallest absolute Gasteiger partial charge is 0.336 e. The number of aromatic carboxylic acids is 1. The maximum absolute atomic E-state index is 11.4. The number of hydrogen-bond acceptors (Lipinski definition) is 1. The molecular weight excluding hydrogens is 296 g/mol. The van der Waals surface area contributed by atoms with Crippen molar-refractivity contribution in [3.8, 4) is 0 Å². The predicted octanol–water partition coefficient (Wildman–Crippen LogP) is 6.19. The molecule has 2 nitrogen and oxygen atoms in total. The third-order valence-electron chi connectivity index (χ3n) is 4.35. The first-order chi connectivity index (χ1) is 11.3. The van der Waals surface area contributed by atoms with Gasteiger partial charge in [-0.3, -0.25) is 0 Å². The van der Waals surface area contributed by atoms with Gasteiger partial charge in [0, 0.05) is 0 Å². The molecule has 24 heavy (non-hydrogen) atoms. The molecule has 0 spiro atoms. The summed E-state index contributed by atoms with van der Waals surface area (Å²) in [6.07, 6.45) is 1.96. The van der Waals surface area contributed by atoms with Crippen molar-refractivity contribution in [2.24, 2.45) is 0 Å². The molecule has 0 unspecified atom stereocenters. The zero-order chi connectivity index (χ0) is 17.9. The molecule has 0 aliphatic rings. The van der Waals surface area contributed by atoms with E-state index < -0.39 is 5.97 Å². The van der Waals surface area contributed by atoms with Crippen molar-refractivity contribution >= 4 is 17.6 Å². The van der Waals surface area contributed by atoms with E-state index in [1.165, 1.54) is 11.1 Å². The topological polar surface area (TPSA) is 37.3 Å². The summed E-state index contributed by atoms with van der Waals surface area (Å²) in [5.41, 5.74) is 6.03. The first-order valence-electron chi connectivity index (χ1n) is 8.46. The van der Waals surface area contributed by atoms with Crippen molar-refractivity contribution in [3.63, 3.8) is 0 Å². The van der Waals surface area contributed by atoms with Crippen LogP contribution < -0.4 is 0 Å². The van der Waals surface area contributed by atoms with Gasteiger partial charge in [-0.1, -0.05) is 70.2 Å². The number of benzene rings is 2. The van der Waals surface area contributed by atoms with Gasteiger partial charge < -0.3 is 5.11 Å². The summed E-state index contributed by atoms with van der Waals surface area (Å²) < 4.78 is 0. The van der Waals surface area contributed by atoms with Crippen LogP contribution in [-0.2, 0) is 0 Å². The lowest BCUT2D eigenvalue weighted by molar-refractivity contribution is 0.0696. The van der Waals surface area contributed by atoms with Gasteiger partial charge in [-0.15, -0.1) is 0 Å². The molecule has 0 aliphatic heterocycles. The average Bonchev–Trinajstić information content (AvgIpc) is 2.54. The zero-order valence-electron chi connectivity index (χ0n) is 15.1. The molecule has 0 aliphatic carbocycles. The van der Waals surface area contributed by atoms with E-state index in [0.717, 1.165) is 16.7 Å². The Hall–Kier alpha value is -2.35. The van der Waals surface area contributed by atoms with Crippen LogP contribution in [0.25, 0.3) is 11.6 Å². The molecule has 1 N–H and O–H groups in total. The standard InChI is InChI=1S/C22H26O2/c1-14(2)19-11-10-17(13-21(19)15(3)4)16(5)12-18-8-6-7-9-20(18)22(23)24/h6-15H,1-5H3,(H,23,24)/b16-12+. The predicted molar refractivity (Wildman–Crippen MR) is 102 cm³/mol. The van der Waals surface area contributed by atoms with E-state index in [2.05, 4.69) is 45.9 Å². The van der Waals surface area contributed by atoms with Gasteiger partial charge in [0.05, 0.1) is 5.56 Å². The molecule has 0 radical (unpaired) electrons. The van der Waals surface area contributed by atoms with Crippen LogP contribution in [0.3, 0.4) is 0 Å². The van der Waals surface area contributed by atoms with Crippen molar-refractivity contribution in [2.75, 3.05) is 0 Å². The second-order valence-corrected chi connectivity index (χ2v) is 6.87. The molecule has 0 heterocycles. The molecule has 126 valence electrons. The highest BCUT2D eigenvalue weighted by atomic mass is 16.4. The zero-order valence-corrected chi connectivity index (χ0v) is 15.1. The Morgan fingerprint density at radius 1 is 0.958 bits per heavy atom. The number of hydrogen-bond donors (Lipinski definition) is 1. The molecule has 0 aromatic heterocycles. The molecule has 2 rings (SSSR count). The van der Waals surface area contributed by atoms with Gasteiger partial charge in [-0.2, -0.15) is 0 Å². The van der Waals surface area contributed by atoms with Crippen molar-refractivity contribution in [2.45, 2.75) is 46.5 Å². The fraction of sp³-hybridized carbons (Fsp3) is 0.318. The maximum atomic E-state index is 11.4. The van der Waals surface area contributed by atoms with Crippen molar-refractivity contribution < 1.29 is 9.90 Å². The number of rotatable bonds is 5. The fourth-order valence-electron chi connectivity index (χ4n) is 2.98. The molecular formula is C22H26O2. The highest BCUT2D eigenvalue weighted by Gasteiger charge is 2.12. The van der Waals surface area contributed by atoms with Crippen LogP contribution >= 0.6 is 0 Å². The van der Waals surface area contributed by atoms with Crippen LogP contribution in [0.5, 0.6) is 0 Å². The van der Waals surface area contributed by atoms with Crippen LogP contribution in [-0.4, -0.2) is 11.1 Å². The fourth-order valence-corrected chi connectivity index (χ4v) is 2.98. The number of carbonyl (C=O) groups is 1. The Labute approximate surface area is 144 Å². The number of allylic oxidation sites excluding steroid dienone is 1. The molecule has 2 aromatic carbocycles. The Kier molecular flexibility index (Phi) is 5.61. The van der Waals surface area contributed by atoms with E-state index in [4.69, 9.17) is 0 Å². The largest absolute Gasteiger partial charge is 0.478 e. The minimum Gasteiger partial charge on any atom is -0.478 e. The van der Waals surface area contributed by atoms with Gasteiger partial charge in [0.2, 0.25) is 0 Å². The Morgan fingerprint density at radius 2 is 1.58 bits per heavy atom. The lowest BCUT2D eigenvalue weighted by Gasteiger charge is -2.18. The Bertz CT molecular complexity index is 767. The van der Waals surface area contributed by atoms with Crippen molar-refractivity contribution in [3.05, 3.63) is 70.3 Å². The van der Waals surface area contributed by atoms with E-state index >= 15 is 0 Å². The molecule has 0 atom stereocenters. The van der Waals surface area contributed by atoms with Gasteiger partial charge in [0.15, 0.2) is 0 Å². The summed E-state index contributed by atoms with van der Waals surface area (Å²) >= 11 is 0. The minimum absolute atomic E-state index is 0.333. The van der Waals surface area contributed by atoms with E-state index in [1.807, 2.05) is 25.1 Å². The second kappa shape index (κ2) is 7.48. The third kappa shape index (κ3) is 3.94. The van der Waals surface area contributed by atoms with E-state index in [9.17, 15) is 9.90 Å². The maximum Gasteiger partial charge on any atom is 0.336 e. The Balaban J connectivity index is 2.49. The van der Waals surface area contributed by atoms with Gasteiger partial charge in [0.1, 0.15) is 0 Å². The van der Waals surface area contributed by atoms with Gasteiger partial charge in [-0.05, 0) is 52.7 Å². The summed E-state index contributed by atoms with van der Waals surface area (Å²) in [5.74, 6) is 0.0580.